The lowest BCUT2D eigenvalue weighted by atomic mass is 9.97. The summed E-state index contributed by atoms with van der Waals surface area (Å²) < 4.78 is 11.2. The lowest BCUT2D eigenvalue weighted by Gasteiger charge is -2.26. The van der Waals surface area contributed by atoms with Gasteiger partial charge in [-0.05, 0) is 43.7 Å². The van der Waals surface area contributed by atoms with Crippen LogP contribution >= 0.6 is 0 Å². The summed E-state index contributed by atoms with van der Waals surface area (Å²) in [4.78, 5) is 47.6. The highest BCUT2D eigenvalue weighted by molar-refractivity contribution is 5.90. The van der Waals surface area contributed by atoms with E-state index in [9.17, 15) is 29.8 Å². The normalized spacial score (nSPS) is 21.9. The Morgan fingerprint density at radius 1 is 0.848 bits per heavy atom. The summed E-state index contributed by atoms with van der Waals surface area (Å²) >= 11 is 0. The van der Waals surface area contributed by atoms with Crippen molar-refractivity contribution in [3.05, 3.63) is 79.9 Å². The van der Waals surface area contributed by atoms with E-state index in [1.807, 2.05) is 0 Å². The van der Waals surface area contributed by atoms with E-state index in [-0.39, 0.29) is 47.2 Å². The van der Waals surface area contributed by atoms with Crippen LogP contribution in [-0.4, -0.2) is 58.5 Å². The minimum Gasteiger partial charge on any atom is -0.462 e. The van der Waals surface area contributed by atoms with Gasteiger partial charge in [-0.2, -0.15) is 0 Å². The second-order valence-corrected chi connectivity index (χ2v) is 8.01. The van der Waals surface area contributed by atoms with Crippen molar-refractivity contribution in [3.8, 4) is 0 Å². The molecule has 0 unspecified atom stereocenters. The minimum atomic E-state index is -0.569. The number of carbonyl (C=O) groups is 2. The summed E-state index contributed by atoms with van der Waals surface area (Å²) in [7, 11) is 0. The van der Waals surface area contributed by atoms with Crippen LogP contribution in [0.4, 0.5) is 11.4 Å². The molecule has 2 heterocycles. The summed E-state index contributed by atoms with van der Waals surface area (Å²) in [5.74, 6) is -1.14. The van der Waals surface area contributed by atoms with Gasteiger partial charge in [-0.25, -0.2) is 9.59 Å². The van der Waals surface area contributed by atoms with Crippen molar-refractivity contribution in [1.82, 2.24) is 4.90 Å². The largest absolute Gasteiger partial charge is 0.462 e. The molecule has 0 spiro atoms. The summed E-state index contributed by atoms with van der Waals surface area (Å²) in [5.41, 5.74) is 0.243. The average molecular weight is 455 g/mol. The van der Waals surface area contributed by atoms with Crippen LogP contribution in [0.1, 0.15) is 33.6 Å². The van der Waals surface area contributed by atoms with Crippen molar-refractivity contribution in [2.24, 2.45) is 5.92 Å². The maximum atomic E-state index is 12.6. The number of fused-ring (bicyclic) bond motifs is 1. The van der Waals surface area contributed by atoms with Crippen molar-refractivity contribution in [1.29, 1.82) is 0 Å². The Kier molecular flexibility index (Phi) is 6.31. The van der Waals surface area contributed by atoms with Crippen LogP contribution in [-0.2, 0) is 9.47 Å². The predicted molar refractivity (Wildman–Crippen MR) is 114 cm³/mol. The van der Waals surface area contributed by atoms with Crippen LogP contribution in [0.3, 0.4) is 0 Å². The quantitative estimate of drug-likeness (QED) is 0.350. The van der Waals surface area contributed by atoms with Gasteiger partial charge < -0.3 is 9.47 Å². The molecule has 4 rings (SSSR count). The van der Waals surface area contributed by atoms with Crippen molar-refractivity contribution >= 4 is 23.3 Å². The molecule has 2 aromatic rings. The summed E-state index contributed by atoms with van der Waals surface area (Å²) in [6.07, 6.45) is 1.05. The van der Waals surface area contributed by atoms with Crippen LogP contribution in [0.2, 0.25) is 0 Å². The number of carbonyl (C=O) groups excluding carboxylic acids is 2. The van der Waals surface area contributed by atoms with E-state index in [1.165, 1.54) is 48.5 Å². The maximum absolute atomic E-state index is 12.6. The number of benzene rings is 2. The highest BCUT2D eigenvalue weighted by Gasteiger charge is 2.46. The van der Waals surface area contributed by atoms with E-state index >= 15 is 0 Å². The van der Waals surface area contributed by atoms with E-state index in [0.717, 1.165) is 19.5 Å². The predicted octanol–water partition coefficient (Wildman–Crippen LogP) is 2.98. The molecule has 0 radical (unpaired) electrons. The van der Waals surface area contributed by atoms with Gasteiger partial charge in [0.05, 0.1) is 33.6 Å². The first-order valence-electron chi connectivity index (χ1n) is 10.4. The number of hydrogen-bond donors (Lipinski definition) is 0. The first-order valence-corrected chi connectivity index (χ1v) is 10.4. The average Bonchev–Trinajstić information content (AvgIpc) is 3.40. The first-order chi connectivity index (χ1) is 15.8. The molecule has 2 saturated heterocycles. The zero-order valence-corrected chi connectivity index (χ0v) is 17.5. The lowest BCUT2D eigenvalue weighted by molar-refractivity contribution is -0.385. The molecule has 11 nitrogen and oxygen atoms in total. The Morgan fingerprint density at radius 3 is 1.91 bits per heavy atom. The van der Waals surface area contributed by atoms with E-state index < -0.39 is 21.8 Å². The summed E-state index contributed by atoms with van der Waals surface area (Å²) in [6, 6.07) is 10.4. The number of nitrogens with zero attached hydrogens (tertiary/aromatic N) is 3. The van der Waals surface area contributed by atoms with Gasteiger partial charge in [0.15, 0.2) is 0 Å². The molecular weight excluding hydrogens is 434 g/mol. The molecule has 2 aliphatic rings. The van der Waals surface area contributed by atoms with Crippen molar-refractivity contribution < 1.29 is 28.9 Å². The Balaban J connectivity index is 1.35. The van der Waals surface area contributed by atoms with Gasteiger partial charge in [0.1, 0.15) is 6.10 Å². The van der Waals surface area contributed by atoms with E-state index in [4.69, 9.17) is 9.47 Å². The molecule has 11 heteroatoms. The Bertz CT molecular complexity index is 1070. The molecule has 33 heavy (non-hydrogen) atoms. The van der Waals surface area contributed by atoms with E-state index in [2.05, 4.69) is 4.90 Å². The molecule has 2 fully saturated rings. The van der Waals surface area contributed by atoms with Crippen LogP contribution in [0, 0.1) is 26.1 Å². The van der Waals surface area contributed by atoms with Crippen LogP contribution in [0.25, 0.3) is 0 Å². The Labute approximate surface area is 188 Å². The molecule has 0 N–H and O–H groups in total. The standard InChI is InChI=1S/C22H21N3O8/c26-21(14-1-5-17(6-2-14)24(28)29)32-13-16-9-11-23-12-10-19(20(16)23)33-22(27)15-3-7-18(8-4-15)25(30)31/h1-8,16,19-20H,9-13H2/t16-,19-,20-/m1/s1. The van der Waals surface area contributed by atoms with E-state index in [1.54, 1.807) is 0 Å². The number of non-ortho nitro benzene ring substituents is 2. The zero-order chi connectivity index (χ0) is 23.5. The number of rotatable bonds is 7. The Morgan fingerprint density at radius 2 is 1.36 bits per heavy atom. The molecule has 0 aliphatic carbocycles. The van der Waals surface area contributed by atoms with Gasteiger partial charge in [0.25, 0.3) is 11.4 Å². The molecule has 0 bridgehead atoms. The van der Waals surface area contributed by atoms with Gasteiger partial charge in [-0.1, -0.05) is 0 Å². The Hall–Kier alpha value is -3.86. The van der Waals surface area contributed by atoms with Gasteiger partial charge in [0, 0.05) is 36.7 Å². The zero-order valence-electron chi connectivity index (χ0n) is 17.5. The highest BCUT2D eigenvalue weighted by Crippen LogP contribution is 2.35. The summed E-state index contributed by atoms with van der Waals surface area (Å²) in [5, 5.41) is 21.5. The number of hydrogen-bond acceptors (Lipinski definition) is 9. The molecule has 0 aromatic heterocycles. The lowest BCUT2D eigenvalue weighted by Crippen LogP contribution is -2.38. The van der Waals surface area contributed by atoms with E-state index in [0.29, 0.717) is 6.42 Å². The molecule has 0 amide bonds. The highest BCUT2D eigenvalue weighted by atomic mass is 16.6. The third-order valence-corrected chi connectivity index (χ3v) is 6.09. The SMILES string of the molecule is O=C(OC[C@H]1CCN2CC[C@@H](OC(=O)c3ccc([N+](=O)[O-])cc3)[C@@H]12)c1ccc([N+](=O)[O-])cc1. The minimum absolute atomic E-state index is 0.0239. The van der Waals surface area contributed by atoms with Crippen molar-refractivity contribution in [2.45, 2.75) is 25.0 Å². The summed E-state index contributed by atoms with van der Waals surface area (Å²) in [6.45, 7) is 1.70. The molecule has 2 aromatic carbocycles. The molecule has 172 valence electrons. The van der Waals surface area contributed by atoms with Gasteiger partial charge in [-0.15, -0.1) is 0 Å². The van der Waals surface area contributed by atoms with Gasteiger partial charge in [0.2, 0.25) is 0 Å². The third kappa shape index (κ3) is 4.82. The third-order valence-electron chi connectivity index (χ3n) is 6.09. The fraction of sp³-hybridized carbons (Fsp3) is 0.364. The number of nitro groups is 2. The topological polar surface area (TPSA) is 142 Å². The fourth-order valence-electron chi connectivity index (χ4n) is 4.43. The monoisotopic (exact) mass is 455 g/mol. The second kappa shape index (κ2) is 9.33. The fourth-order valence-corrected chi connectivity index (χ4v) is 4.43. The number of ether oxygens (including phenoxy) is 2. The molecule has 0 saturated carbocycles. The number of nitro benzene ring substituents is 2. The van der Waals surface area contributed by atoms with Crippen LogP contribution in [0.15, 0.2) is 48.5 Å². The van der Waals surface area contributed by atoms with Crippen molar-refractivity contribution in [3.63, 3.8) is 0 Å². The van der Waals surface area contributed by atoms with Crippen LogP contribution < -0.4 is 0 Å². The number of esters is 2. The van der Waals surface area contributed by atoms with Crippen LogP contribution in [0.5, 0.6) is 0 Å². The first kappa shape index (κ1) is 22.3. The molecule has 2 aliphatic heterocycles. The second-order valence-electron chi connectivity index (χ2n) is 8.01. The molecular formula is C22H21N3O8. The van der Waals surface area contributed by atoms with Crippen molar-refractivity contribution in [2.75, 3.05) is 19.7 Å². The molecule has 3 atom stereocenters. The van der Waals surface area contributed by atoms with Gasteiger partial charge in [-0.3, -0.25) is 25.1 Å². The smallest absolute Gasteiger partial charge is 0.338 e. The maximum Gasteiger partial charge on any atom is 0.338 e. The van der Waals surface area contributed by atoms with Gasteiger partial charge >= 0.3 is 11.9 Å².